The first-order valence-corrected chi connectivity index (χ1v) is 7.79. The smallest absolute Gasteiger partial charge is 0.343 e. The molecular formula is C19H15NO6. The van der Waals surface area contributed by atoms with E-state index in [-0.39, 0.29) is 17.0 Å². The summed E-state index contributed by atoms with van der Waals surface area (Å²) in [5, 5.41) is 11.6. The number of esters is 1. The Kier molecular flexibility index (Phi) is 4.29. The van der Waals surface area contributed by atoms with Gasteiger partial charge in [-0.2, -0.15) is 0 Å². The summed E-state index contributed by atoms with van der Waals surface area (Å²) in [7, 11) is 0. The van der Waals surface area contributed by atoms with Gasteiger partial charge >= 0.3 is 11.6 Å². The fourth-order valence-corrected chi connectivity index (χ4v) is 2.76. The SMILES string of the molecule is Cc1cc(C(=O)Oc2ccc3c(C)cc(=O)oc3c2C)ccc1[N+](=O)[O-]. The molecule has 0 spiro atoms. The molecule has 7 nitrogen and oxygen atoms in total. The maximum Gasteiger partial charge on any atom is 0.343 e. The van der Waals surface area contributed by atoms with Gasteiger partial charge in [0.15, 0.2) is 0 Å². The summed E-state index contributed by atoms with van der Waals surface area (Å²) in [5.41, 5.74) is 1.66. The molecule has 26 heavy (non-hydrogen) atoms. The van der Waals surface area contributed by atoms with Crippen molar-refractivity contribution in [3.8, 4) is 5.75 Å². The van der Waals surface area contributed by atoms with Crippen molar-refractivity contribution in [2.24, 2.45) is 0 Å². The number of ether oxygens (including phenoxy) is 1. The molecule has 132 valence electrons. The van der Waals surface area contributed by atoms with Crippen LogP contribution in [0.5, 0.6) is 5.75 Å². The van der Waals surface area contributed by atoms with E-state index in [1.165, 1.54) is 24.3 Å². The second-order valence-corrected chi connectivity index (χ2v) is 5.96. The Morgan fingerprint density at radius 2 is 1.81 bits per heavy atom. The van der Waals surface area contributed by atoms with Gasteiger partial charge in [-0.25, -0.2) is 9.59 Å². The van der Waals surface area contributed by atoms with Crippen molar-refractivity contribution in [2.75, 3.05) is 0 Å². The number of benzene rings is 2. The lowest BCUT2D eigenvalue weighted by atomic mass is 10.1. The number of aryl methyl sites for hydroxylation is 3. The summed E-state index contributed by atoms with van der Waals surface area (Å²) in [6.45, 7) is 5.03. The van der Waals surface area contributed by atoms with Crippen LogP contribution in [0.15, 0.2) is 45.6 Å². The number of nitrogens with zero attached hydrogens (tertiary/aromatic N) is 1. The van der Waals surface area contributed by atoms with Gasteiger partial charge in [-0.15, -0.1) is 0 Å². The number of carbonyl (C=O) groups is 1. The van der Waals surface area contributed by atoms with Crippen LogP contribution in [-0.2, 0) is 0 Å². The first-order chi connectivity index (χ1) is 12.3. The molecule has 3 rings (SSSR count). The lowest BCUT2D eigenvalue weighted by Crippen LogP contribution is -2.10. The Morgan fingerprint density at radius 1 is 1.08 bits per heavy atom. The number of hydrogen-bond acceptors (Lipinski definition) is 6. The summed E-state index contributed by atoms with van der Waals surface area (Å²) in [5.74, 6) is -0.396. The Bertz CT molecular complexity index is 1110. The molecule has 0 aliphatic rings. The van der Waals surface area contributed by atoms with Crippen LogP contribution in [0.2, 0.25) is 0 Å². The monoisotopic (exact) mass is 353 g/mol. The van der Waals surface area contributed by atoms with Crippen molar-refractivity contribution in [2.45, 2.75) is 20.8 Å². The van der Waals surface area contributed by atoms with Gasteiger partial charge in [0.05, 0.1) is 10.5 Å². The molecule has 0 unspecified atom stereocenters. The normalized spacial score (nSPS) is 10.7. The maximum absolute atomic E-state index is 12.4. The molecular weight excluding hydrogens is 338 g/mol. The third-order valence-corrected chi connectivity index (χ3v) is 4.15. The number of nitro benzene ring substituents is 1. The van der Waals surface area contributed by atoms with Crippen LogP contribution >= 0.6 is 0 Å². The first kappa shape index (κ1) is 17.3. The van der Waals surface area contributed by atoms with Crippen LogP contribution in [0.25, 0.3) is 11.0 Å². The highest BCUT2D eigenvalue weighted by Crippen LogP contribution is 2.29. The van der Waals surface area contributed by atoms with E-state index < -0.39 is 16.5 Å². The summed E-state index contributed by atoms with van der Waals surface area (Å²) < 4.78 is 10.6. The number of rotatable bonds is 3. The highest BCUT2D eigenvalue weighted by atomic mass is 16.6. The highest BCUT2D eigenvalue weighted by molar-refractivity contribution is 5.93. The van der Waals surface area contributed by atoms with Crippen LogP contribution in [0.4, 0.5) is 5.69 Å². The average Bonchev–Trinajstić information content (AvgIpc) is 2.57. The summed E-state index contributed by atoms with van der Waals surface area (Å²) in [6.07, 6.45) is 0. The minimum absolute atomic E-state index is 0.0688. The van der Waals surface area contributed by atoms with Crippen molar-refractivity contribution in [3.05, 3.63) is 79.2 Å². The van der Waals surface area contributed by atoms with Crippen LogP contribution in [-0.4, -0.2) is 10.9 Å². The topological polar surface area (TPSA) is 99.7 Å². The minimum atomic E-state index is -0.652. The molecule has 1 heterocycles. The third-order valence-electron chi connectivity index (χ3n) is 4.15. The van der Waals surface area contributed by atoms with Gasteiger partial charge in [0.1, 0.15) is 11.3 Å². The molecule has 0 radical (unpaired) electrons. The zero-order chi connectivity index (χ0) is 19.0. The van der Waals surface area contributed by atoms with Gasteiger partial charge in [-0.05, 0) is 50.6 Å². The second kappa shape index (κ2) is 6.44. The molecule has 0 bridgehead atoms. The number of fused-ring (bicyclic) bond motifs is 1. The third kappa shape index (κ3) is 3.06. The lowest BCUT2D eigenvalue weighted by Gasteiger charge is -2.10. The zero-order valence-corrected chi connectivity index (χ0v) is 14.4. The summed E-state index contributed by atoms with van der Waals surface area (Å²) in [6, 6.07) is 8.75. The molecule has 0 amide bonds. The van der Waals surface area contributed by atoms with E-state index in [1.807, 2.05) is 0 Å². The predicted octanol–water partition coefficient (Wildman–Crippen LogP) is 3.85. The van der Waals surface area contributed by atoms with Crippen molar-refractivity contribution >= 4 is 22.6 Å². The van der Waals surface area contributed by atoms with E-state index in [1.54, 1.807) is 32.9 Å². The van der Waals surface area contributed by atoms with E-state index in [2.05, 4.69) is 0 Å². The standard InChI is InChI=1S/C19H15NO6/c1-10-9-17(21)26-18-12(3)16(7-5-14(10)18)25-19(22)13-4-6-15(20(23)24)11(2)8-13/h4-9H,1-3H3. The largest absolute Gasteiger partial charge is 0.423 e. The van der Waals surface area contributed by atoms with Gasteiger partial charge in [-0.1, -0.05) is 0 Å². The Morgan fingerprint density at radius 3 is 2.46 bits per heavy atom. The van der Waals surface area contributed by atoms with Gasteiger partial charge in [0.2, 0.25) is 0 Å². The number of hydrogen-bond donors (Lipinski definition) is 0. The molecule has 0 saturated carbocycles. The summed E-state index contributed by atoms with van der Waals surface area (Å²) in [4.78, 5) is 34.4. The van der Waals surface area contributed by atoms with E-state index >= 15 is 0 Å². The number of nitro groups is 1. The van der Waals surface area contributed by atoms with Gasteiger partial charge < -0.3 is 9.15 Å². The molecule has 0 N–H and O–H groups in total. The van der Waals surface area contributed by atoms with Crippen molar-refractivity contribution in [1.29, 1.82) is 0 Å². The fourth-order valence-electron chi connectivity index (χ4n) is 2.76. The molecule has 1 aromatic heterocycles. The maximum atomic E-state index is 12.4. The molecule has 3 aromatic rings. The highest BCUT2D eigenvalue weighted by Gasteiger charge is 2.17. The van der Waals surface area contributed by atoms with Gasteiger partial charge in [0, 0.05) is 28.6 Å². The van der Waals surface area contributed by atoms with Crippen molar-refractivity contribution in [3.63, 3.8) is 0 Å². The van der Waals surface area contributed by atoms with Crippen molar-refractivity contribution < 1.29 is 18.9 Å². The van der Waals surface area contributed by atoms with Crippen LogP contribution in [0.3, 0.4) is 0 Å². The van der Waals surface area contributed by atoms with E-state index in [0.717, 1.165) is 10.9 Å². The van der Waals surface area contributed by atoms with E-state index in [0.29, 0.717) is 16.7 Å². The van der Waals surface area contributed by atoms with Gasteiger partial charge in [-0.3, -0.25) is 10.1 Å². The van der Waals surface area contributed by atoms with E-state index in [9.17, 15) is 19.7 Å². The molecule has 7 heteroatoms. The summed E-state index contributed by atoms with van der Waals surface area (Å²) >= 11 is 0. The minimum Gasteiger partial charge on any atom is -0.423 e. The van der Waals surface area contributed by atoms with Gasteiger partial charge in [0.25, 0.3) is 5.69 Å². The molecule has 0 aliphatic carbocycles. The molecule has 2 aromatic carbocycles. The Labute approximate surface area is 148 Å². The molecule has 0 aliphatic heterocycles. The Hall–Kier alpha value is -3.48. The van der Waals surface area contributed by atoms with Crippen LogP contribution in [0.1, 0.15) is 27.0 Å². The molecule has 0 fully saturated rings. The fraction of sp³-hybridized carbons (Fsp3) is 0.158. The molecule has 0 saturated heterocycles. The second-order valence-electron chi connectivity index (χ2n) is 5.96. The zero-order valence-electron chi connectivity index (χ0n) is 14.4. The first-order valence-electron chi connectivity index (χ1n) is 7.79. The van der Waals surface area contributed by atoms with Crippen LogP contribution < -0.4 is 10.4 Å². The quantitative estimate of drug-likeness (QED) is 0.233. The predicted molar refractivity (Wildman–Crippen MR) is 94.7 cm³/mol. The lowest BCUT2D eigenvalue weighted by molar-refractivity contribution is -0.385. The van der Waals surface area contributed by atoms with E-state index in [4.69, 9.17) is 9.15 Å². The molecule has 0 atom stereocenters. The average molecular weight is 353 g/mol. The van der Waals surface area contributed by atoms with Crippen molar-refractivity contribution in [1.82, 2.24) is 0 Å². The van der Waals surface area contributed by atoms with Crippen LogP contribution in [0, 0.1) is 30.9 Å². The Balaban J connectivity index is 1.97. The number of carbonyl (C=O) groups excluding carboxylic acids is 1.